The van der Waals surface area contributed by atoms with Crippen molar-refractivity contribution in [3.8, 4) is 5.75 Å². The lowest BCUT2D eigenvalue weighted by atomic mass is 9.91. The van der Waals surface area contributed by atoms with Gasteiger partial charge in [-0.15, -0.1) is 0 Å². The molecule has 3 nitrogen and oxygen atoms in total. The smallest absolute Gasteiger partial charge is 0.130 e. The summed E-state index contributed by atoms with van der Waals surface area (Å²) in [6, 6.07) is 5.04. The number of hydrogen-bond acceptors (Lipinski definition) is 3. The predicted octanol–water partition coefficient (Wildman–Crippen LogP) is 4.39. The van der Waals surface area contributed by atoms with Crippen LogP contribution in [0, 0.1) is 6.92 Å². The second-order valence-corrected chi connectivity index (χ2v) is 5.99. The average Bonchev–Trinajstić information content (AvgIpc) is 2.53. The third kappa shape index (κ3) is 3.96. The van der Waals surface area contributed by atoms with Crippen LogP contribution in [0.1, 0.15) is 56.2 Å². The van der Waals surface area contributed by atoms with Gasteiger partial charge >= 0.3 is 0 Å². The average molecular weight is 300 g/mol. The van der Waals surface area contributed by atoms with Gasteiger partial charge in [0.1, 0.15) is 5.75 Å². The molecule has 120 valence electrons. The van der Waals surface area contributed by atoms with Crippen LogP contribution in [0.15, 0.2) is 22.1 Å². The van der Waals surface area contributed by atoms with E-state index in [1.165, 1.54) is 24.0 Å². The molecule has 1 saturated carbocycles. The Labute approximate surface area is 134 Å². The summed E-state index contributed by atoms with van der Waals surface area (Å²) in [4.78, 5) is 9.46. The lowest BCUT2D eigenvalue weighted by Crippen LogP contribution is -2.27. The van der Waals surface area contributed by atoms with E-state index in [0.717, 1.165) is 30.6 Å². The number of aliphatic imine (C=N–C) groups is 2. The first-order valence-electron chi connectivity index (χ1n) is 8.38. The second kappa shape index (κ2) is 8.11. The number of rotatable bonds is 5. The molecule has 0 aliphatic heterocycles. The van der Waals surface area contributed by atoms with Crippen LogP contribution in [0.4, 0.5) is 0 Å². The van der Waals surface area contributed by atoms with Crippen molar-refractivity contribution >= 4 is 12.4 Å². The largest absolute Gasteiger partial charge is 0.496 e. The maximum absolute atomic E-state index is 5.57. The molecule has 0 radical (unpaired) electrons. The highest BCUT2D eigenvalue weighted by molar-refractivity contribution is 5.85. The van der Waals surface area contributed by atoms with Crippen LogP contribution in [0.25, 0.3) is 0 Å². The van der Waals surface area contributed by atoms with Crippen molar-refractivity contribution in [1.82, 2.24) is 0 Å². The fourth-order valence-corrected chi connectivity index (χ4v) is 3.26. The molecule has 1 aliphatic rings. The molecule has 1 fully saturated rings. The number of methoxy groups -OCH3 is 1. The summed E-state index contributed by atoms with van der Waals surface area (Å²) in [5.41, 5.74) is 3.59. The van der Waals surface area contributed by atoms with Crippen molar-refractivity contribution in [2.75, 3.05) is 7.11 Å². The molecule has 0 bridgehead atoms. The summed E-state index contributed by atoms with van der Waals surface area (Å²) in [5.74, 6) is 0.937. The minimum Gasteiger partial charge on any atom is -0.496 e. The Morgan fingerprint density at radius 2 is 1.86 bits per heavy atom. The molecule has 1 aromatic carbocycles. The zero-order chi connectivity index (χ0) is 15.9. The van der Waals surface area contributed by atoms with Gasteiger partial charge in [0.05, 0.1) is 19.2 Å². The fourth-order valence-electron chi connectivity index (χ4n) is 3.26. The molecule has 0 aromatic heterocycles. The van der Waals surface area contributed by atoms with Gasteiger partial charge in [0.25, 0.3) is 0 Å². The summed E-state index contributed by atoms with van der Waals surface area (Å²) in [5, 5.41) is 0. The van der Waals surface area contributed by atoms with E-state index in [9.17, 15) is 0 Å². The van der Waals surface area contributed by atoms with E-state index in [1.54, 1.807) is 7.11 Å². The van der Waals surface area contributed by atoms with Crippen molar-refractivity contribution in [2.24, 2.45) is 9.98 Å². The van der Waals surface area contributed by atoms with E-state index in [2.05, 4.69) is 31.0 Å². The van der Waals surface area contributed by atoms with Crippen LogP contribution in [0.3, 0.4) is 0 Å². The van der Waals surface area contributed by atoms with E-state index in [4.69, 9.17) is 9.73 Å². The molecule has 0 unspecified atom stereocenters. The number of aryl methyl sites for hydroxylation is 2. The van der Waals surface area contributed by atoms with Crippen LogP contribution in [-0.4, -0.2) is 31.6 Å². The Kier molecular flexibility index (Phi) is 6.17. The first kappa shape index (κ1) is 16.7. The standard InChI is InChI=1S/C19H28N2O/c1-5-15-11-14(3)19(22-4)16(12-15)13-21-18-10-8-7-9-17(18)20-6-2/h6,11-13,17-18H,5,7-10H2,1-4H3/t17-,18+/m0/s1. The van der Waals surface area contributed by atoms with E-state index < -0.39 is 0 Å². The third-order valence-electron chi connectivity index (χ3n) is 4.42. The summed E-state index contributed by atoms with van der Waals surface area (Å²) < 4.78 is 5.57. The molecule has 3 heteroatoms. The van der Waals surface area contributed by atoms with Gasteiger partial charge in [0.15, 0.2) is 0 Å². The lowest BCUT2D eigenvalue weighted by Gasteiger charge is -2.25. The number of nitrogens with zero attached hydrogens (tertiary/aromatic N) is 2. The number of hydrogen-bond donors (Lipinski definition) is 0. The van der Waals surface area contributed by atoms with Gasteiger partial charge in [-0.1, -0.05) is 25.8 Å². The summed E-state index contributed by atoms with van der Waals surface area (Å²) in [6.45, 7) is 6.27. The highest BCUT2D eigenvalue weighted by atomic mass is 16.5. The maximum Gasteiger partial charge on any atom is 0.130 e. The van der Waals surface area contributed by atoms with E-state index in [-0.39, 0.29) is 0 Å². The molecule has 22 heavy (non-hydrogen) atoms. The SMILES string of the molecule is CC=N[C@H]1CCCC[C@H]1N=Cc1cc(CC)cc(C)c1OC. The molecule has 0 amide bonds. The van der Waals surface area contributed by atoms with Crippen LogP contribution in [-0.2, 0) is 6.42 Å². The number of ether oxygens (including phenoxy) is 1. The first-order chi connectivity index (χ1) is 10.7. The van der Waals surface area contributed by atoms with Crippen molar-refractivity contribution in [1.29, 1.82) is 0 Å². The summed E-state index contributed by atoms with van der Waals surface area (Å²) in [6.07, 6.45) is 9.74. The van der Waals surface area contributed by atoms with E-state index in [0.29, 0.717) is 12.1 Å². The van der Waals surface area contributed by atoms with E-state index in [1.807, 2.05) is 19.4 Å². The normalized spacial score (nSPS) is 22.5. The van der Waals surface area contributed by atoms with E-state index >= 15 is 0 Å². The molecule has 2 atom stereocenters. The molecule has 1 aromatic rings. The molecule has 0 N–H and O–H groups in total. The van der Waals surface area contributed by atoms with Crippen LogP contribution in [0.5, 0.6) is 5.75 Å². The minimum absolute atomic E-state index is 0.306. The molecule has 0 spiro atoms. The third-order valence-corrected chi connectivity index (χ3v) is 4.42. The molecular weight excluding hydrogens is 272 g/mol. The Balaban J connectivity index is 2.26. The molecule has 2 rings (SSSR count). The first-order valence-corrected chi connectivity index (χ1v) is 8.38. The van der Waals surface area contributed by atoms with Crippen molar-refractivity contribution in [3.05, 3.63) is 28.8 Å². The quantitative estimate of drug-likeness (QED) is 0.743. The maximum atomic E-state index is 5.57. The van der Waals surface area contributed by atoms with Crippen molar-refractivity contribution in [2.45, 2.75) is 65.0 Å². The highest BCUT2D eigenvalue weighted by Gasteiger charge is 2.23. The van der Waals surface area contributed by atoms with Gasteiger partial charge < -0.3 is 4.74 Å². The molecule has 1 aliphatic carbocycles. The lowest BCUT2D eigenvalue weighted by molar-refractivity contribution is 0.389. The monoisotopic (exact) mass is 300 g/mol. The molecule has 0 heterocycles. The van der Waals surface area contributed by atoms with Gasteiger partial charge in [-0.3, -0.25) is 9.98 Å². The van der Waals surface area contributed by atoms with Crippen molar-refractivity contribution in [3.63, 3.8) is 0 Å². The second-order valence-electron chi connectivity index (χ2n) is 5.99. The van der Waals surface area contributed by atoms with Gasteiger partial charge in [0.2, 0.25) is 0 Å². The molecular formula is C19H28N2O. The van der Waals surface area contributed by atoms with Gasteiger partial charge in [-0.2, -0.15) is 0 Å². The Morgan fingerprint density at radius 1 is 1.18 bits per heavy atom. The molecule has 0 saturated heterocycles. The van der Waals surface area contributed by atoms with Gasteiger partial charge in [0, 0.05) is 11.8 Å². The van der Waals surface area contributed by atoms with Crippen LogP contribution < -0.4 is 4.74 Å². The highest BCUT2D eigenvalue weighted by Crippen LogP contribution is 2.27. The number of benzene rings is 1. The zero-order valence-electron chi connectivity index (χ0n) is 14.3. The fraction of sp³-hybridized carbons (Fsp3) is 0.579. The minimum atomic E-state index is 0.306. The summed E-state index contributed by atoms with van der Waals surface area (Å²) >= 11 is 0. The van der Waals surface area contributed by atoms with Crippen molar-refractivity contribution < 1.29 is 4.74 Å². The Hall–Kier alpha value is -1.64. The van der Waals surface area contributed by atoms with Crippen LogP contribution in [0.2, 0.25) is 0 Å². The van der Waals surface area contributed by atoms with Crippen LogP contribution >= 0.6 is 0 Å². The van der Waals surface area contributed by atoms with Gasteiger partial charge in [-0.05, 0) is 56.5 Å². The topological polar surface area (TPSA) is 34.0 Å². The predicted molar refractivity (Wildman–Crippen MR) is 94.9 cm³/mol. The van der Waals surface area contributed by atoms with Gasteiger partial charge in [-0.25, -0.2) is 0 Å². The Morgan fingerprint density at radius 3 is 2.45 bits per heavy atom. The zero-order valence-corrected chi connectivity index (χ0v) is 14.3. The Bertz CT molecular complexity index is 549. The summed E-state index contributed by atoms with van der Waals surface area (Å²) in [7, 11) is 1.73.